The average molecular weight is 370 g/mol. The number of carbonyl (C=O) groups excluding carboxylic acids is 2. The fraction of sp³-hybridized carbons (Fsp3) is 0.0833. The smallest absolute Gasteiger partial charge is 0.310 e. The number of benzene rings is 3. The van der Waals surface area contributed by atoms with E-state index in [4.69, 9.17) is 9.47 Å². The standard InChI is InChI=1S/C24H18O4/c1-2-23(25)27-19-12-13-20-21(15-19)28-22(24(20)26)14-16-8-10-18(11-9-16)17-6-4-3-5-7-17/h3-15H,2H2,1H3. The molecule has 1 aliphatic rings. The summed E-state index contributed by atoms with van der Waals surface area (Å²) in [5.74, 6) is 0.501. The Morgan fingerprint density at radius 1 is 0.964 bits per heavy atom. The van der Waals surface area contributed by atoms with E-state index >= 15 is 0 Å². The number of ketones is 1. The van der Waals surface area contributed by atoms with Crippen LogP contribution >= 0.6 is 0 Å². The molecule has 0 fully saturated rings. The normalized spacial score (nSPS) is 13.9. The molecular formula is C24H18O4. The Morgan fingerprint density at radius 2 is 1.68 bits per heavy atom. The minimum Gasteiger partial charge on any atom is -0.452 e. The van der Waals surface area contributed by atoms with E-state index in [0.29, 0.717) is 17.1 Å². The Bertz CT molecular complexity index is 1060. The van der Waals surface area contributed by atoms with Crippen molar-refractivity contribution < 1.29 is 19.1 Å². The van der Waals surface area contributed by atoms with Gasteiger partial charge in [0.05, 0.1) is 5.56 Å². The lowest BCUT2D eigenvalue weighted by atomic mass is 10.0. The molecular weight excluding hydrogens is 352 g/mol. The second-order valence-corrected chi connectivity index (χ2v) is 6.41. The summed E-state index contributed by atoms with van der Waals surface area (Å²) >= 11 is 0. The highest BCUT2D eigenvalue weighted by Crippen LogP contribution is 2.35. The molecule has 0 aromatic heterocycles. The summed E-state index contributed by atoms with van der Waals surface area (Å²) in [4.78, 5) is 24.0. The molecule has 0 unspecified atom stereocenters. The van der Waals surface area contributed by atoms with Crippen molar-refractivity contribution in [1.82, 2.24) is 0 Å². The fourth-order valence-corrected chi connectivity index (χ4v) is 2.99. The third-order valence-corrected chi connectivity index (χ3v) is 4.48. The van der Waals surface area contributed by atoms with Crippen molar-refractivity contribution in [1.29, 1.82) is 0 Å². The van der Waals surface area contributed by atoms with Gasteiger partial charge in [0.2, 0.25) is 5.78 Å². The summed E-state index contributed by atoms with van der Waals surface area (Å²) in [6.45, 7) is 1.72. The Kier molecular flexibility index (Phi) is 4.77. The van der Waals surface area contributed by atoms with Gasteiger partial charge in [0.1, 0.15) is 11.5 Å². The summed E-state index contributed by atoms with van der Waals surface area (Å²) in [5.41, 5.74) is 3.57. The first-order chi connectivity index (χ1) is 13.6. The van der Waals surface area contributed by atoms with Gasteiger partial charge in [0.25, 0.3) is 0 Å². The molecule has 28 heavy (non-hydrogen) atoms. The van der Waals surface area contributed by atoms with E-state index in [-0.39, 0.29) is 23.9 Å². The largest absolute Gasteiger partial charge is 0.452 e. The topological polar surface area (TPSA) is 52.6 Å². The Balaban J connectivity index is 1.55. The Hall–Kier alpha value is -3.66. The highest BCUT2D eigenvalue weighted by molar-refractivity contribution is 6.14. The third-order valence-electron chi connectivity index (χ3n) is 4.48. The SMILES string of the molecule is CCC(=O)Oc1ccc2c(c1)OC(=Cc1ccc(-c3ccccc3)cc1)C2=O. The molecule has 3 aromatic rings. The minimum atomic E-state index is -0.335. The summed E-state index contributed by atoms with van der Waals surface area (Å²) < 4.78 is 10.9. The lowest BCUT2D eigenvalue weighted by molar-refractivity contribution is -0.134. The van der Waals surface area contributed by atoms with E-state index in [1.54, 1.807) is 31.2 Å². The van der Waals surface area contributed by atoms with Crippen LogP contribution < -0.4 is 9.47 Å². The van der Waals surface area contributed by atoms with Crippen molar-refractivity contribution >= 4 is 17.8 Å². The molecule has 0 amide bonds. The van der Waals surface area contributed by atoms with Crippen molar-refractivity contribution in [2.45, 2.75) is 13.3 Å². The highest BCUT2D eigenvalue weighted by atomic mass is 16.5. The second kappa shape index (κ2) is 7.53. The van der Waals surface area contributed by atoms with Gasteiger partial charge in [-0.05, 0) is 34.9 Å². The van der Waals surface area contributed by atoms with Gasteiger partial charge >= 0.3 is 5.97 Å². The lowest BCUT2D eigenvalue weighted by Crippen LogP contribution is -2.05. The molecule has 3 aromatic carbocycles. The van der Waals surface area contributed by atoms with Gasteiger partial charge < -0.3 is 9.47 Å². The molecule has 0 spiro atoms. The average Bonchev–Trinajstić information content (AvgIpc) is 3.04. The number of rotatable bonds is 4. The number of fused-ring (bicyclic) bond motifs is 1. The van der Waals surface area contributed by atoms with Crippen LogP contribution in [0, 0.1) is 0 Å². The van der Waals surface area contributed by atoms with Gasteiger partial charge in [0.15, 0.2) is 5.76 Å². The molecule has 138 valence electrons. The van der Waals surface area contributed by atoms with Gasteiger partial charge in [-0.15, -0.1) is 0 Å². The van der Waals surface area contributed by atoms with Crippen LogP contribution in [0.25, 0.3) is 17.2 Å². The Labute approximate surface area is 163 Å². The number of allylic oxidation sites excluding steroid dienone is 1. The predicted molar refractivity (Wildman–Crippen MR) is 107 cm³/mol. The number of esters is 1. The van der Waals surface area contributed by atoms with Crippen molar-refractivity contribution in [3.8, 4) is 22.6 Å². The third kappa shape index (κ3) is 3.58. The maximum atomic E-state index is 12.6. The molecule has 0 radical (unpaired) electrons. The van der Waals surface area contributed by atoms with Crippen LogP contribution in [0.2, 0.25) is 0 Å². The van der Waals surface area contributed by atoms with E-state index < -0.39 is 0 Å². The first-order valence-corrected chi connectivity index (χ1v) is 9.08. The summed E-state index contributed by atoms with van der Waals surface area (Å²) in [6.07, 6.45) is 2.00. The summed E-state index contributed by atoms with van der Waals surface area (Å²) in [5, 5.41) is 0. The molecule has 0 bridgehead atoms. The summed E-state index contributed by atoms with van der Waals surface area (Å²) in [6, 6.07) is 22.8. The van der Waals surface area contributed by atoms with Crippen molar-refractivity contribution in [2.24, 2.45) is 0 Å². The van der Waals surface area contributed by atoms with Crippen LogP contribution in [0.3, 0.4) is 0 Å². The van der Waals surface area contributed by atoms with Gasteiger partial charge in [-0.2, -0.15) is 0 Å². The zero-order valence-corrected chi connectivity index (χ0v) is 15.3. The van der Waals surface area contributed by atoms with E-state index in [1.807, 2.05) is 42.5 Å². The van der Waals surface area contributed by atoms with Crippen LogP contribution in [0.15, 0.2) is 78.6 Å². The van der Waals surface area contributed by atoms with Crippen LogP contribution in [-0.2, 0) is 4.79 Å². The first-order valence-electron chi connectivity index (χ1n) is 9.08. The molecule has 4 heteroatoms. The molecule has 0 saturated heterocycles. The molecule has 0 atom stereocenters. The number of ether oxygens (including phenoxy) is 2. The molecule has 0 saturated carbocycles. The molecule has 0 aliphatic carbocycles. The molecule has 1 aliphatic heterocycles. The van der Waals surface area contributed by atoms with Crippen molar-refractivity contribution in [2.75, 3.05) is 0 Å². The molecule has 4 nitrogen and oxygen atoms in total. The van der Waals surface area contributed by atoms with E-state index in [2.05, 4.69) is 12.1 Å². The van der Waals surface area contributed by atoms with Gasteiger partial charge in [-0.3, -0.25) is 9.59 Å². The Morgan fingerprint density at radius 3 is 2.39 bits per heavy atom. The minimum absolute atomic E-state index is 0.185. The van der Waals surface area contributed by atoms with Crippen LogP contribution in [-0.4, -0.2) is 11.8 Å². The van der Waals surface area contributed by atoms with Crippen molar-refractivity contribution in [3.63, 3.8) is 0 Å². The number of hydrogen-bond donors (Lipinski definition) is 0. The predicted octanol–water partition coefficient (Wildman–Crippen LogP) is 5.29. The zero-order chi connectivity index (χ0) is 19.5. The second-order valence-electron chi connectivity index (χ2n) is 6.41. The van der Waals surface area contributed by atoms with Crippen LogP contribution in [0.4, 0.5) is 0 Å². The van der Waals surface area contributed by atoms with Gasteiger partial charge in [-0.1, -0.05) is 61.5 Å². The van der Waals surface area contributed by atoms with E-state index in [9.17, 15) is 9.59 Å². The number of carbonyl (C=O) groups is 2. The van der Waals surface area contributed by atoms with Crippen LogP contribution in [0.1, 0.15) is 29.3 Å². The van der Waals surface area contributed by atoms with Gasteiger partial charge in [-0.25, -0.2) is 0 Å². The number of hydrogen-bond acceptors (Lipinski definition) is 4. The number of Topliss-reactive ketones (excluding diaryl/α,β-unsaturated/α-hetero) is 1. The molecule has 0 N–H and O–H groups in total. The maximum Gasteiger partial charge on any atom is 0.310 e. The molecule has 4 rings (SSSR count). The maximum absolute atomic E-state index is 12.6. The van der Waals surface area contributed by atoms with Crippen LogP contribution in [0.5, 0.6) is 11.5 Å². The lowest BCUT2D eigenvalue weighted by Gasteiger charge is -2.04. The zero-order valence-electron chi connectivity index (χ0n) is 15.3. The quantitative estimate of drug-likeness (QED) is 0.356. The monoisotopic (exact) mass is 370 g/mol. The fourth-order valence-electron chi connectivity index (χ4n) is 2.99. The highest BCUT2D eigenvalue weighted by Gasteiger charge is 2.27. The van der Waals surface area contributed by atoms with E-state index in [1.165, 1.54) is 0 Å². The van der Waals surface area contributed by atoms with Gasteiger partial charge in [0, 0.05) is 12.5 Å². The van der Waals surface area contributed by atoms with E-state index in [0.717, 1.165) is 16.7 Å². The first kappa shape index (κ1) is 17.7. The molecule has 1 heterocycles. The summed E-state index contributed by atoms with van der Waals surface area (Å²) in [7, 11) is 0. The van der Waals surface area contributed by atoms with Crippen molar-refractivity contribution in [3.05, 3.63) is 89.7 Å².